The summed E-state index contributed by atoms with van der Waals surface area (Å²) in [6, 6.07) is 0.733. The lowest BCUT2D eigenvalue weighted by Gasteiger charge is -2.23. The third-order valence-corrected chi connectivity index (χ3v) is 3.91. The van der Waals surface area contributed by atoms with E-state index < -0.39 is 0 Å². The number of nitrogens with zero attached hydrogens (tertiary/aromatic N) is 2. The van der Waals surface area contributed by atoms with Crippen molar-refractivity contribution in [1.29, 1.82) is 0 Å². The summed E-state index contributed by atoms with van der Waals surface area (Å²) in [4.78, 5) is 0. The van der Waals surface area contributed by atoms with E-state index >= 15 is 0 Å². The van der Waals surface area contributed by atoms with Crippen LogP contribution in [0.25, 0.3) is 0 Å². The Labute approximate surface area is 105 Å². The quantitative estimate of drug-likeness (QED) is 0.850. The molecule has 1 saturated carbocycles. The molecule has 3 nitrogen and oxygen atoms in total. The molecular weight excluding hydrogens is 210 g/mol. The maximum atomic E-state index is 4.26. The third-order valence-electron chi connectivity index (χ3n) is 3.91. The first kappa shape index (κ1) is 12.6. The zero-order valence-corrected chi connectivity index (χ0v) is 11.4. The van der Waals surface area contributed by atoms with Crippen LogP contribution in [0.5, 0.6) is 0 Å². The normalized spacial score (nSPS) is 28.8. The van der Waals surface area contributed by atoms with Crippen molar-refractivity contribution in [1.82, 2.24) is 15.1 Å². The summed E-state index contributed by atoms with van der Waals surface area (Å²) in [5.74, 6) is 0. The Morgan fingerprint density at radius 3 is 3.06 bits per heavy atom. The second-order valence-electron chi connectivity index (χ2n) is 5.90. The van der Waals surface area contributed by atoms with Crippen LogP contribution < -0.4 is 5.32 Å². The van der Waals surface area contributed by atoms with Gasteiger partial charge in [0, 0.05) is 19.3 Å². The fraction of sp³-hybridized carbons (Fsp3) is 0.786. The summed E-state index contributed by atoms with van der Waals surface area (Å²) in [6.07, 6.45) is 10.5. The van der Waals surface area contributed by atoms with E-state index in [9.17, 15) is 0 Å². The molecule has 0 amide bonds. The summed E-state index contributed by atoms with van der Waals surface area (Å²) in [5, 5.41) is 7.92. The van der Waals surface area contributed by atoms with E-state index in [1.807, 2.05) is 17.9 Å². The van der Waals surface area contributed by atoms with E-state index in [4.69, 9.17) is 0 Å². The van der Waals surface area contributed by atoms with E-state index in [-0.39, 0.29) is 0 Å². The largest absolute Gasteiger partial charge is 0.314 e. The molecule has 17 heavy (non-hydrogen) atoms. The van der Waals surface area contributed by atoms with E-state index in [0.717, 1.165) is 12.6 Å². The molecule has 1 aliphatic rings. The number of nitrogens with one attached hydrogen (secondary N) is 1. The smallest absolute Gasteiger partial charge is 0.0521 e. The van der Waals surface area contributed by atoms with Gasteiger partial charge in [0.05, 0.1) is 6.20 Å². The van der Waals surface area contributed by atoms with Crippen LogP contribution in [0.1, 0.15) is 45.1 Å². The lowest BCUT2D eigenvalue weighted by molar-refractivity contribution is 0.322. The summed E-state index contributed by atoms with van der Waals surface area (Å²) in [7, 11) is 1.99. The van der Waals surface area contributed by atoms with Crippen molar-refractivity contribution in [2.75, 3.05) is 6.54 Å². The second-order valence-corrected chi connectivity index (χ2v) is 5.90. The first-order valence-electron chi connectivity index (χ1n) is 6.82. The molecule has 1 N–H and O–H groups in total. The van der Waals surface area contributed by atoms with Gasteiger partial charge in [-0.15, -0.1) is 0 Å². The van der Waals surface area contributed by atoms with E-state index in [1.54, 1.807) is 0 Å². The van der Waals surface area contributed by atoms with Crippen LogP contribution in [0.2, 0.25) is 0 Å². The zero-order chi connectivity index (χ0) is 12.3. The highest BCUT2D eigenvalue weighted by Crippen LogP contribution is 2.40. The standard InChI is InChI=1S/C14H25N3/c1-4-7-15-13-5-6-14(2,9-13)8-12-10-16-17(3)11-12/h10-11,13,15H,4-9H2,1-3H3. The Hall–Kier alpha value is -0.830. The van der Waals surface area contributed by atoms with Crippen molar-refractivity contribution in [3.63, 3.8) is 0 Å². The fourth-order valence-electron chi connectivity index (χ4n) is 3.06. The van der Waals surface area contributed by atoms with Gasteiger partial charge in [0.1, 0.15) is 0 Å². The van der Waals surface area contributed by atoms with Crippen LogP contribution in [-0.4, -0.2) is 22.4 Å². The molecule has 1 aromatic heterocycles. The summed E-state index contributed by atoms with van der Waals surface area (Å²) >= 11 is 0. The maximum Gasteiger partial charge on any atom is 0.0521 e. The molecule has 0 spiro atoms. The molecule has 3 heteroatoms. The molecule has 0 aliphatic heterocycles. The highest BCUT2D eigenvalue weighted by molar-refractivity contribution is 5.08. The Kier molecular flexibility index (Phi) is 3.87. The lowest BCUT2D eigenvalue weighted by atomic mass is 9.83. The Morgan fingerprint density at radius 2 is 2.41 bits per heavy atom. The first-order chi connectivity index (χ1) is 8.11. The van der Waals surface area contributed by atoms with Gasteiger partial charge in [-0.2, -0.15) is 5.10 Å². The van der Waals surface area contributed by atoms with Crippen molar-refractivity contribution < 1.29 is 0 Å². The molecule has 2 rings (SSSR count). The number of aryl methyl sites for hydroxylation is 1. The van der Waals surface area contributed by atoms with E-state index in [1.165, 1.54) is 37.7 Å². The molecule has 2 atom stereocenters. The van der Waals surface area contributed by atoms with Crippen molar-refractivity contribution >= 4 is 0 Å². The van der Waals surface area contributed by atoms with Gasteiger partial charge in [-0.25, -0.2) is 0 Å². The number of rotatable bonds is 5. The van der Waals surface area contributed by atoms with Crippen LogP contribution in [-0.2, 0) is 13.5 Å². The minimum absolute atomic E-state index is 0.467. The molecule has 0 aromatic carbocycles. The molecular formula is C14H25N3. The SMILES string of the molecule is CCCNC1CCC(C)(Cc2cnn(C)c2)C1. The molecule has 96 valence electrons. The van der Waals surface area contributed by atoms with Crippen molar-refractivity contribution in [2.45, 2.75) is 52.0 Å². The van der Waals surface area contributed by atoms with Crippen molar-refractivity contribution in [3.05, 3.63) is 18.0 Å². The van der Waals surface area contributed by atoms with Crippen LogP contribution in [0.3, 0.4) is 0 Å². The minimum Gasteiger partial charge on any atom is -0.314 e. The van der Waals surface area contributed by atoms with Gasteiger partial charge >= 0.3 is 0 Å². The van der Waals surface area contributed by atoms with Gasteiger partial charge in [-0.05, 0) is 49.6 Å². The fourth-order valence-corrected chi connectivity index (χ4v) is 3.06. The molecule has 1 aliphatic carbocycles. The van der Waals surface area contributed by atoms with Crippen molar-refractivity contribution in [2.24, 2.45) is 12.5 Å². The predicted molar refractivity (Wildman–Crippen MR) is 71.0 cm³/mol. The molecule has 1 aromatic rings. The molecule has 1 heterocycles. The van der Waals surface area contributed by atoms with Gasteiger partial charge < -0.3 is 5.32 Å². The first-order valence-corrected chi connectivity index (χ1v) is 6.82. The van der Waals surface area contributed by atoms with Gasteiger partial charge in [-0.3, -0.25) is 4.68 Å². The monoisotopic (exact) mass is 235 g/mol. The highest BCUT2D eigenvalue weighted by Gasteiger charge is 2.34. The molecule has 0 saturated heterocycles. The van der Waals surface area contributed by atoms with Gasteiger partial charge in [-0.1, -0.05) is 13.8 Å². The van der Waals surface area contributed by atoms with Gasteiger partial charge in [0.25, 0.3) is 0 Å². The van der Waals surface area contributed by atoms with Crippen LogP contribution in [0, 0.1) is 5.41 Å². The van der Waals surface area contributed by atoms with E-state index in [0.29, 0.717) is 5.41 Å². The molecule has 0 radical (unpaired) electrons. The minimum atomic E-state index is 0.467. The maximum absolute atomic E-state index is 4.26. The lowest BCUT2D eigenvalue weighted by Crippen LogP contribution is -2.28. The Balaban J connectivity index is 1.88. The Bertz CT molecular complexity index is 358. The molecule has 0 bridgehead atoms. The number of hydrogen-bond acceptors (Lipinski definition) is 2. The summed E-state index contributed by atoms with van der Waals surface area (Å²) in [5.41, 5.74) is 1.85. The predicted octanol–water partition coefficient (Wildman–Crippen LogP) is 2.52. The average molecular weight is 235 g/mol. The summed E-state index contributed by atoms with van der Waals surface area (Å²) < 4.78 is 1.90. The molecule has 1 fully saturated rings. The second kappa shape index (κ2) is 5.21. The van der Waals surface area contributed by atoms with E-state index in [2.05, 4.69) is 30.5 Å². The Morgan fingerprint density at radius 1 is 1.59 bits per heavy atom. The van der Waals surface area contributed by atoms with Crippen LogP contribution in [0.4, 0.5) is 0 Å². The van der Waals surface area contributed by atoms with Crippen LogP contribution in [0.15, 0.2) is 12.4 Å². The number of aromatic nitrogens is 2. The average Bonchev–Trinajstić information content (AvgIpc) is 2.83. The van der Waals surface area contributed by atoms with Crippen LogP contribution >= 0.6 is 0 Å². The topological polar surface area (TPSA) is 29.9 Å². The zero-order valence-electron chi connectivity index (χ0n) is 11.4. The summed E-state index contributed by atoms with van der Waals surface area (Å²) in [6.45, 7) is 5.82. The van der Waals surface area contributed by atoms with Crippen molar-refractivity contribution in [3.8, 4) is 0 Å². The molecule has 2 unspecified atom stereocenters. The van der Waals surface area contributed by atoms with Gasteiger partial charge in [0.2, 0.25) is 0 Å². The van der Waals surface area contributed by atoms with Gasteiger partial charge in [0.15, 0.2) is 0 Å². The number of hydrogen-bond donors (Lipinski definition) is 1. The highest BCUT2D eigenvalue weighted by atomic mass is 15.2. The third kappa shape index (κ3) is 3.32.